The molecule has 0 aliphatic rings. The van der Waals surface area contributed by atoms with Gasteiger partial charge in [-0.3, -0.25) is 0 Å². The van der Waals surface area contributed by atoms with Gasteiger partial charge in [0, 0.05) is 6.42 Å². The van der Waals surface area contributed by atoms with Crippen molar-refractivity contribution in [1.82, 2.24) is 4.98 Å². The second kappa shape index (κ2) is 3.63. The van der Waals surface area contributed by atoms with Gasteiger partial charge in [-0.15, -0.1) is 11.3 Å². The summed E-state index contributed by atoms with van der Waals surface area (Å²) in [5.41, 5.74) is 5.26. The maximum atomic E-state index is 12.2. The molecule has 1 rings (SSSR count). The monoisotopic (exact) mass is 210 g/mol. The first-order chi connectivity index (χ1) is 5.95. The van der Waals surface area contributed by atoms with Gasteiger partial charge >= 0.3 is 6.18 Å². The molecule has 0 aromatic carbocycles. The van der Waals surface area contributed by atoms with Gasteiger partial charge in [-0.2, -0.15) is 13.2 Å². The number of hydrogen-bond acceptors (Lipinski definition) is 3. The minimum absolute atomic E-state index is 0.0425. The largest absolute Gasteiger partial charge is 0.427 e. The van der Waals surface area contributed by atoms with E-state index < -0.39 is 11.1 Å². The smallest absolute Gasteiger partial charge is 0.330 e. The maximum Gasteiger partial charge on any atom is 0.427 e. The molecule has 1 aromatic heterocycles. The number of nitrogens with zero attached hydrogens (tertiary/aromatic N) is 1. The van der Waals surface area contributed by atoms with Crippen LogP contribution in [0.25, 0.3) is 0 Å². The quantitative estimate of drug-likeness (QED) is 0.810. The molecular weight excluding hydrogens is 201 g/mol. The molecule has 0 unspecified atom stereocenters. The average Bonchev–Trinajstić information content (AvgIpc) is 2.30. The van der Waals surface area contributed by atoms with Crippen molar-refractivity contribution in [2.75, 3.05) is 6.54 Å². The molecule has 6 heteroatoms. The zero-order valence-corrected chi connectivity index (χ0v) is 7.80. The molecule has 0 atom stereocenters. The van der Waals surface area contributed by atoms with E-state index in [9.17, 15) is 13.2 Å². The Kier molecular flexibility index (Phi) is 2.92. The molecule has 0 bridgehead atoms. The van der Waals surface area contributed by atoms with Gasteiger partial charge < -0.3 is 5.73 Å². The highest BCUT2D eigenvalue weighted by molar-refractivity contribution is 7.11. The van der Waals surface area contributed by atoms with Gasteiger partial charge in [-0.05, 0) is 13.5 Å². The fourth-order valence-electron chi connectivity index (χ4n) is 0.946. The summed E-state index contributed by atoms with van der Waals surface area (Å²) in [5.74, 6) is 0. The summed E-state index contributed by atoms with van der Waals surface area (Å²) in [6.07, 6.45) is -3.88. The van der Waals surface area contributed by atoms with Crippen molar-refractivity contribution in [1.29, 1.82) is 0 Å². The van der Waals surface area contributed by atoms with Crippen molar-refractivity contribution >= 4 is 11.3 Å². The molecule has 2 nitrogen and oxygen atoms in total. The zero-order valence-electron chi connectivity index (χ0n) is 6.98. The highest BCUT2D eigenvalue weighted by Gasteiger charge is 2.35. The second-order valence-electron chi connectivity index (χ2n) is 2.56. The van der Waals surface area contributed by atoms with Crippen LogP contribution in [0.2, 0.25) is 0 Å². The predicted molar refractivity (Wildman–Crippen MR) is 44.6 cm³/mol. The van der Waals surface area contributed by atoms with Crippen LogP contribution in [0.4, 0.5) is 13.2 Å². The summed E-state index contributed by atoms with van der Waals surface area (Å²) in [5, 5.41) is 0.451. The standard InChI is InChI=1S/C7H9F3N2S/c1-4-6(7(8,9)10)13-5(12-4)2-3-11/h2-3,11H2,1H3. The lowest BCUT2D eigenvalue weighted by Crippen LogP contribution is -2.03. The van der Waals surface area contributed by atoms with E-state index in [-0.39, 0.29) is 5.69 Å². The van der Waals surface area contributed by atoms with Gasteiger partial charge in [0.1, 0.15) is 4.88 Å². The van der Waals surface area contributed by atoms with Crippen LogP contribution in [0.15, 0.2) is 0 Å². The SMILES string of the molecule is Cc1nc(CCN)sc1C(F)(F)F. The summed E-state index contributed by atoms with van der Waals surface area (Å²) in [7, 11) is 0. The van der Waals surface area contributed by atoms with Crippen molar-refractivity contribution in [3.05, 3.63) is 15.6 Å². The van der Waals surface area contributed by atoms with E-state index in [4.69, 9.17) is 5.73 Å². The molecular formula is C7H9F3N2S. The molecule has 74 valence electrons. The third kappa shape index (κ3) is 2.41. The first-order valence-electron chi connectivity index (χ1n) is 3.68. The Labute approximate surface area is 77.6 Å². The van der Waals surface area contributed by atoms with E-state index in [0.29, 0.717) is 29.3 Å². The van der Waals surface area contributed by atoms with Crippen molar-refractivity contribution in [2.24, 2.45) is 5.73 Å². The van der Waals surface area contributed by atoms with E-state index in [1.165, 1.54) is 6.92 Å². The highest BCUT2D eigenvalue weighted by atomic mass is 32.1. The Morgan fingerprint density at radius 3 is 2.46 bits per heavy atom. The van der Waals surface area contributed by atoms with Crippen molar-refractivity contribution in [3.8, 4) is 0 Å². The molecule has 0 saturated heterocycles. The average molecular weight is 210 g/mol. The molecule has 1 aromatic rings. The van der Waals surface area contributed by atoms with Crippen LogP contribution >= 0.6 is 11.3 Å². The number of rotatable bonds is 2. The summed E-state index contributed by atoms with van der Waals surface area (Å²) in [6.45, 7) is 1.68. The topological polar surface area (TPSA) is 38.9 Å². The van der Waals surface area contributed by atoms with Crippen LogP contribution in [-0.4, -0.2) is 11.5 Å². The summed E-state index contributed by atoms with van der Waals surface area (Å²) < 4.78 is 36.7. The van der Waals surface area contributed by atoms with Gasteiger partial charge in [0.2, 0.25) is 0 Å². The number of thiazole rings is 1. The molecule has 0 fully saturated rings. The predicted octanol–water partition coefficient (Wildman–Crippen LogP) is 1.97. The van der Waals surface area contributed by atoms with Crippen LogP contribution in [0.1, 0.15) is 15.6 Å². The number of halogens is 3. The van der Waals surface area contributed by atoms with Crippen molar-refractivity contribution in [3.63, 3.8) is 0 Å². The van der Waals surface area contributed by atoms with Crippen molar-refractivity contribution < 1.29 is 13.2 Å². The van der Waals surface area contributed by atoms with E-state index in [0.717, 1.165) is 0 Å². The molecule has 2 N–H and O–H groups in total. The van der Waals surface area contributed by atoms with Crippen LogP contribution in [0.5, 0.6) is 0 Å². The van der Waals surface area contributed by atoms with E-state index in [2.05, 4.69) is 4.98 Å². The Hall–Kier alpha value is -0.620. The number of alkyl halides is 3. The fourth-order valence-corrected chi connectivity index (χ4v) is 1.89. The third-order valence-electron chi connectivity index (χ3n) is 1.46. The zero-order chi connectivity index (χ0) is 10.1. The minimum atomic E-state index is -4.28. The molecule has 0 aliphatic heterocycles. The van der Waals surface area contributed by atoms with E-state index in [1.54, 1.807) is 0 Å². The van der Waals surface area contributed by atoms with Crippen molar-refractivity contribution in [2.45, 2.75) is 19.5 Å². The van der Waals surface area contributed by atoms with Gasteiger partial charge in [-0.25, -0.2) is 4.98 Å². The molecule has 0 amide bonds. The first-order valence-corrected chi connectivity index (χ1v) is 4.50. The number of aryl methyl sites for hydroxylation is 1. The lowest BCUT2D eigenvalue weighted by atomic mass is 10.4. The molecule has 0 radical (unpaired) electrons. The van der Waals surface area contributed by atoms with E-state index >= 15 is 0 Å². The Morgan fingerprint density at radius 2 is 2.08 bits per heavy atom. The van der Waals surface area contributed by atoms with E-state index in [1.807, 2.05) is 0 Å². The Balaban J connectivity index is 2.96. The Morgan fingerprint density at radius 1 is 1.46 bits per heavy atom. The number of hydrogen-bond donors (Lipinski definition) is 1. The van der Waals surface area contributed by atoms with Gasteiger partial charge in [-0.1, -0.05) is 0 Å². The highest BCUT2D eigenvalue weighted by Crippen LogP contribution is 2.36. The summed E-state index contributed by atoms with van der Waals surface area (Å²) >= 11 is 0.675. The Bertz CT molecular complexity index is 292. The van der Waals surface area contributed by atoms with Gasteiger partial charge in [0.25, 0.3) is 0 Å². The molecule has 0 spiro atoms. The fraction of sp³-hybridized carbons (Fsp3) is 0.571. The minimum Gasteiger partial charge on any atom is -0.330 e. The lowest BCUT2D eigenvalue weighted by molar-refractivity contribution is -0.134. The summed E-state index contributed by atoms with van der Waals surface area (Å²) in [4.78, 5) is 3.17. The third-order valence-corrected chi connectivity index (χ3v) is 2.72. The molecule has 1 heterocycles. The van der Waals surface area contributed by atoms with Crippen LogP contribution in [-0.2, 0) is 12.6 Å². The van der Waals surface area contributed by atoms with Crippen LogP contribution in [0.3, 0.4) is 0 Å². The molecule has 0 saturated carbocycles. The normalized spacial score (nSPS) is 12.1. The number of aromatic nitrogens is 1. The first kappa shape index (κ1) is 10.5. The lowest BCUT2D eigenvalue weighted by Gasteiger charge is -2.01. The second-order valence-corrected chi connectivity index (χ2v) is 3.64. The van der Waals surface area contributed by atoms with Crippen LogP contribution < -0.4 is 5.73 Å². The molecule has 13 heavy (non-hydrogen) atoms. The van der Waals surface area contributed by atoms with Gasteiger partial charge in [0.15, 0.2) is 0 Å². The van der Waals surface area contributed by atoms with Crippen LogP contribution in [0, 0.1) is 6.92 Å². The summed E-state index contributed by atoms with van der Waals surface area (Å²) in [6, 6.07) is 0. The molecule has 0 aliphatic carbocycles. The van der Waals surface area contributed by atoms with Gasteiger partial charge in [0.05, 0.1) is 10.7 Å². The number of nitrogens with two attached hydrogens (primary N) is 1. The maximum absolute atomic E-state index is 12.2.